The molecule has 1 atom stereocenters. The van der Waals surface area contributed by atoms with Crippen molar-refractivity contribution in [3.63, 3.8) is 0 Å². The SMILES string of the molecule is CNC(=O)[C@H]1CN(C(=O)COC(=O)c2ccccc2C)c2ccccc2O1. The number of carbonyl (C=O) groups is 3. The number of carbonyl (C=O) groups excluding carboxylic acids is 3. The second-order valence-electron chi connectivity index (χ2n) is 6.08. The van der Waals surface area contributed by atoms with E-state index >= 15 is 0 Å². The van der Waals surface area contributed by atoms with Crippen molar-refractivity contribution in [1.29, 1.82) is 0 Å². The Morgan fingerprint density at radius 2 is 1.85 bits per heavy atom. The van der Waals surface area contributed by atoms with Crippen molar-refractivity contribution in [2.75, 3.05) is 25.1 Å². The molecular weight excluding hydrogens is 348 g/mol. The third-order valence-electron chi connectivity index (χ3n) is 4.31. The fourth-order valence-corrected chi connectivity index (χ4v) is 2.85. The molecule has 0 aromatic heterocycles. The number of fused-ring (bicyclic) bond motifs is 1. The number of rotatable bonds is 4. The lowest BCUT2D eigenvalue weighted by Gasteiger charge is -2.33. The maximum atomic E-state index is 12.7. The standard InChI is InChI=1S/C20H20N2O5/c1-13-7-3-4-8-14(13)20(25)26-12-18(23)22-11-17(19(24)21-2)27-16-10-6-5-9-15(16)22/h3-10,17H,11-12H2,1-2H3,(H,21,24)/t17-/m1/s1. The minimum atomic E-state index is -0.832. The molecule has 3 rings (SSSR count). The summed E-state index contributed by atoms with van der Waals surface area (Å²) in [5.41, 5.74) is 1.72. The zero-order chi connectivity index (χ0) is 19.4. The first-order chi connectivity index (χ1) is 13.0. The van der Waals surface area contributed by atoms with Gasteiger partial charge < -0.3 is 19.7 Å². The Morgan fingerprint density at radius 3 is 2.59 bits per heavy atom. The van der Waals surface area contributed by atoms with E-state index in [9.17, 15) is 14.4 Å². The zero-order valence-corrected chi connectivity index (χ0v) is 15.1. The Kier molecular flexibility index (Phi) is 5.40. The summed E-state index contributed by atoms with van der Waals surface area (Å²) in [6, 6.07) is 13.9. The quantitative estimate of drug-likeness (QED) is 0.830. The van der Waals surface area contributed by atoms with E-state index in [0.717, 1.165) is 5.56 Å². The van der Waals surface area contributed by atoms with Crippen LogP contribution < -0.4 is 15.0 Å². The van der Waals surface area contributed by atoms with Crippen LogP contribution in [0.25, 0.3) is 0 Å². The summed E-state index contributed by atoms with van der Waals surface area (Å²) in [7, 11) is 1.50. The van der Waals surface area contributed by atoms with Gasteiger partial charge in [0.15, 0.2) is 12.7 Å². The molecule has 0 saturated carbocycles. The molecule has 1 heterocycles. The summed E-state index contributed by atoms with van der Waals surface area (Å²) < 4.78 is 10.9. The van der Waals surface area contributed by atoms with Crippen molar-refractivity contribution in [2.45, 2.75) is 13.0 Å². The molecule has 0 fully saturated rings. The molecular formula is C20H20N2O5. The van der Waals surface area contributed by atoms with Crippen LogP contribution in [-0.2, 0) is 14.3 Å². The molecule has 0 aliphatic carbocycles. The molecule has 1 aliphatic heterocycles. The first-order valence-electron chi connectivity index (χ1n) is 8.51. The van der Waals surface area contributed by atoms with Gasteiger partial charge in [-0.2, -0.15) is 0 Å². The van der Waals surface area contributed by atoms with E-state index in [1.165, 1.54) is 11.9 Å². The number of para-hydroxylation sites is 2. The number of aryl methyl sites for hydroxylation is 1. The zero-order valence-electron chi connectivity index (χ0n) is 15.1. The molecule has 0 radical (unpaired) electrons. The summed E-state index contributed by atoms with van der Waals surface area (Å²) in [5, 5.41) is 2.52. The third-order valence-corrected chi connectivity index (χ3v) is 4.31. The number of benzene rings is 2. The maximum Gasteiger partial charge on any atom is 0.338 e. The topological polar surface area (TPSA) is 84.9 Å². The van der Waals surface area contributed by atoms with Crippen LogP contribution in [0.15, 0.2) is 48.5 Å². The predicted octanol–water partition coefficient (Wildman–Crippen LogP) is 1.69. The van der Waals surface area contributed by atoms with Gasteiger partial charge in [0.2, 0.25) is 0 Å². The first kappa shape index (κ1) is 18.4. The summed E-state index contributed by atoms with van der Waals surface area (Å²) in [6.45, 7) is 1.41. The van der Waals surface area contributed by atoms with Crippen LogP contribution in [0.2, 0.25) is 0 Å². The maximum absolute atomic E-state index is 12.7. The fourth-order valence-electron chi connectivity index (χ4n) is 2.85. The minimum Gasteiger partial charge on any atom is -0.477 e. The van der Waals surface area contributed by atoms with Crippen LogP contribution in [-0.4, -0.2) is 44.1 Å². The number of nitrogens with zero attached hydrogens (tertiary/aromatic N) is 1. The molecule has 0 saturated heterocycles. The second-order valence-corrected chi connectivity index (χ2v) is 6.08. The largest absolute Gasteiger partial charge is 0.477 e. The Morgan fingerprint density at radius 1 is 1.15 bits per heavy atom. The van der Waals surface area contributed by atoms with Gasteiger partial charge in [-0.25, -0.2) is 4.79 Å². The average molecular weight is 368 g/mol. The highest BCUT2D eigenvalue weighted by Gasteiger charge is 2.33. The number of hydrogen-bond acceptors (Lipinski definition) is 5. The number of anilines is 1. The lowest BCUT2D eigenvalue weighted by Crippen LogP contribution is -2.51. The van der Waals surface area contributed by atoms with Crippen molar-refractivity contribution in [2.24, 2.45) is 0 Å². The molecule has 2 aromatic rings. The lowest BCUT2D eigenvalue weighted by atomic mass is 10.1. The van der Waals surface area contributed by atoms with Crippen molar-refractivity contribution < 1.29 is 23.9 Å². The fraction of sp³-hybridized carbons (Fsp3) is 0.250. The van der Waals surface area contributed by atoms with E-state index in [-0.39, 0.29) is 12.5 Å². The Hall–Kier alpha value is -3.35. The molecule has 140 valence electrons. The van der Waals surface area contributed by atoms with Crippen LogP contribution in [0, 0.1) is 6.92 Å². The van der Waals surface area contributed by atoms with Gasteiger partial charge in [0.05, 0.1) is 17.8 Å². The molecule has 0 unspecified atom stereocenters. The van der Waals surface area contributed by atoms with E-state index < -0.39 is 24.6 Å². The van der Waals surface area contributed by atoms with Gasteiger partial charge in [0.25, 0.3) is 11.8 Å². The predicted molar refractivity (Wildman–Crippen MR) is 98.7 cm³/mol. The van der Waals surface area contributed by atoms with Gasteiger partial charge in [0.1, 0.15) is 5.75 Å². The number of esters is 1. The molecule has 0 spiro atoms. The van der Waals surface area contributed by atoms with Gasteiger partial charge in [0, 0.05) is 7.05 Å². The van der Waals surface area contributed by atoms with Gasteiger partial charge in [-0.3, -0.25) is 9.59 Å². The summed E-state index contributed by atoms with van der Waals surface area (Å²) in [5.74, 6) is -0.900. The number of hydrogen-bond donors (Lipinski definition) is 1. The van der Waals surface area contributed by atoms with Crippen LogP contribution in [0.5, 0.6) is 5.75 Å². The van der Waals surface area contributed by atoms with Gasteiger partial charge in [-0.05, 0) is 30.7 Å². The van der Waals surface area contributed by atoms with Crippen LogP contribution in [0.3, 0.4) is 0 Å². The number of amides is 2. The molecule has 2 aromatic carbocycles. The van der Waals surface area contributed by atoms with Crippen LogP contribution in [0.4, 0.5) is 5.69 Å². The van der Waals surface area contributed by atoms with E-state index in [1.807, 2.05) is 6.07 Å². The first-order valence-corrected chi connectivity index (χ1v) is 8.51. The summed E-state index contributed by atoms with van der Waals surface area (Å²) >= 11 is 0. The van der Waals surface area contributed by atoms with Gasteiger partial charge in [-0.1, -0.05) is 30.3 Å². The number of nitrogens with one attached hydrogen (secondary N) is 1. The van der Waals surface area contributed by atoms with E-state index in [0.29, 0.717) is 17.0 Å². The minimum absolute atomic E-state index is 0.0391. The van der Waals surface area contributed by atoms with Crippen molar-refractivity contribution in [1.82, 2.24) is 5.32 Å². The molecule has 27 heavy (non-hydrogen) atoms. The van der Waals surface area contributed by atoms with Crippen molar-refractivity contribution >= 4 is 23.5 Å². The van der Waals surface area contributed by atoms with Crippen molar-refractivity contribution in [3.05, 3.63) is 59.7 Å². The molecule has 7 nitrogen and oxygen atoms in total. The number of ether oxygens (including phenoxy) is 2. The normalized spacial score (nSPS) is 15.3. The van der Waals surface area contributed by atoms with Gasteiger partial charge in [-0.15, -0.1) is 0 Å². The molecule has 1 aliphatic rings. The number of likely N-dealkylation sites (N-methyl/N-ethyl adjacent to an activating group) is 1. The summed E-state index contributed by atoms with van der Waals surface area (Å²) in [4.78, 5) is 38.3. The highest BCUT2D eigenvalue weighted by molar-refractivity contribution is 6.00. The van der Waals surface area contributed by atoms with E-state index in [2.05, 4.69) is 5.32 Å². The lowest BCUT2D eigenvalue weighted by molar-refractivity contribution is -0.128. The Bertz CT molecular complexity index is 880. The molecule has 7 heteroatoms. The van der Waals surface area contributed by atoms with Crippen LogP contribution >= 0.6 is 0 Å². The van der Waals surface area contributed by atoms with E-state index in [4.69, 9.17) is 9.47 Å². The average Bonchev–Trinajstić information content (AvgIpc) is 2.70. The smallest absolute Gasteiger partial charge is 0.338 e. The molecule has 0 bridgehead atoms. The highest BCUT2D eigenvalue weighted by atomic mass is 16.5. The highest BCUT2D eigenvalue weighted by Crippen LogP contribution is 2.33. The Labute approximate surface area is 156 Å². The van der Waals surface area contributed by atoms with Crippen molar-refractivity contribution in [3.8, 4) is 5.75 Å². The third kappa shape index (κ3) is 3.92. The Balaban J connectivity index is 1.74. The van der Waals surface area contributed by atoms with Crippen LogP contribution in [0.1, 0.15) is 15.9 Å². The summed E-state index contributed by atoms with van der Waals surface area (Å²) in [6.07, 6.45) is -0.832. The van der Waals surface area contributed by atoms with E-state index in [1.54, 1.807) is 49.4 Å². The molecule has 2 amide bonds. The van der Waals surface area contributed by atoms with Gasteiger partial charge >= 0.3 is 5.97 Å². The molecule has 1 N–H and O–H groups in total. The monoisotopic (exact) mass is 368 g/mol. The second kappa shape index (κ2) is 7.90.